The van der Waals surface area contributed by atoms with Crippen LogP contribution in [0.1, 0.15) is 23.8 Å². The summed E-state index contributed by atoms with van der Waals surface area (Å²) in [6.45, 7) is 2.19. The van der Waals surface area contributed by atoms with E-state index in [4.69, 9.17) is 21.4 Å². The Labute approximate surface area is 124 Å². The van der Waals surface area contributed by atoms with Crippen LogP contribution >= 0.6 is 11.6 Å². The standard InChI is InChI=1S/C15H20ClNO3/c1-20-13-6-4-11(5-7-13)14(16)10-17-8-2-3-12(9-17)15(18)19/h4-7,12,14H,2-3,8-10H2,1H3,(H,18,19). The Balaban J connectivity index is 1.92. The lowest BCUT2D eigenvalue weighted by atomic mass is 9.98. The Morgan fingerprint density at radius 1 is 1.50 bits per heavy atom. The molecule has 2 atom stereocenters. The fourth-order valence-electron chi connectivity index (χ4n) is 2.57. The molecule has 20 heavy (non-hydrogen) atoms. The third-order valence-electron chi connectivity index (χ3n) is 3.75. The minimum absolute atomic E-state index is 0.131. The van der Waals surface area contributed by atoms with Gasteiger partial charge in [-0.25, -0.2) is 0 Å². The summed E-state index contributed by atoms with van der Waals surface area (Å²) in [4.78, 5) is 13.2. The van der Waals surface area contributed by atoms with Crippen molar-refractivity contribution in [1.29, 1.82) is 0 Å². The van der Waals surface area contributed by atoms with E-state index in [9.17, 15) is 4.79 Å². The Morgan fingerprint density at radius 2 is 2.20 bits per heavy atom. The third-order valence-corrected chi connectivity index (χ3v) is 4.14. The number of aliphatic carboxylic acids is 1. The number of alkyl halides is 1. The summed E-state index contributed by atoms with van der Waals surface area (Å²) in [7, 11) is 1.63. The summed E-state index contributed by atoms with van der Waals surface area (Å²) < 4.78 is 5.12. The molecule has 2 rings (SSSR count). The molecule has 110 valence electrons. The molecule has 0 amide bonds. The highest BCUT2D eigenvalue weighted by atomic mass is 35.5. The molecule has 1 aliphatic rings. The maximum Gasteiger partial charge on any atom is 0.307 e. The molecule has 0 saturated carbocycles. The van der Waals surface area contributed by atoms with Gasteiger partial charge in [-0.15, -0.1) is 11.6 Å². The number of piperidine rings is 1. The predicted octanol–water partition coefficient (Wildman–Crippen LogP) is 2.77. The van der Waals surface area contributed by atoms with E-state index in [1.807, 2.05) is 24.3 Å². The molecule has 0 aliphatic carbocycles. The molecular weight excluding hydrogens is 278 g/mol. The molecule has 1 N–H and O–H groups in total. The van der Waals surface area contributed by atoms with Crippen molar-refractivity contribution in [2.24, 2.45) is 5.92 Å². The molecule has 1 saturated heterocycles. The zero-order valence-corrected chi connectivity index (χ0v) is 12.3. The smallest absolute Gasteiger partial charge is 0.307 e. The van der Waals surface area contributed by atoms with Crippen LogP contribution in [-0.4, -0.2) is 42.7 Å². The Bertz CT molecular complexity index is 449. The summed E-state index contributed by atoms with van der Waals surface area (Å²) in [6, 6.07) is 7.69. The van der Waals surface area contributed by atoms with Gasteiger partial charge in [-0.2, -0.15) is 0 Å². The summed E-state index contributed by atoms with van der Waals surface area (Å²) in [6.07, 6.45) is 1.69. The molecule has 5 heteroatoms. The van der Waals surface area contributed by atoms with Gasteiger partial charge in [0.05, 0.1) is 18.4 Å². The molecule has 1 heterocycles. The number of hydrogen-bond acceptors (Lipinski definition) is 3. The van der Waals surface area contributed by atoms with E-state index in [0.717, 1.165) is 30.7 Å². The zero-order valence-electron chi connectivity index (χ0n) is 11.6. The minimum Gasteiger partial charge on any atom is -0.497 e. The minimum atomic E-state index is -0.703. The number of ether oxygens (including phenoxy) is 1. The van der Waals surface area contributed by atoms with Crippen molar-refractivity contribution in [2.45, 2.75) is 18.2 Å². The molecule has 0 radical (unpaired) electrons. The molecule has 1 aliphatic heterocycles. The van der Waals surface area contributed by atoms with E-state index in [-0.39, 0.29) is 11.3 Å². The quantitative estimate of drug-likeness (QED) is 0.849. The molecule has 4 nitrogen and oxygen atoms in total. The highest BCUT2D eigenvalue weighted by Gasteiger charge is 2.26. The van der Waals surface area contributed by atoms with Gasteiger partial charge in [-0.1, -0.05) is 12.1 Å². The van der Waals surface area contributed by atoms with Gasteiger partial charge < -0.3 is 14.7 Å². The van der Waals surface area contributed by atoms with Gasteiger partial charge >= 0.3 is 5.97 Å². The van der Waals surface area contributed by atoms with Crippen LogP contribution in [-0.2, 0) is 4.79 Å². The van der Waals surface area contributed by atoms with Crippen LogP contribution in [0.2, 0.25) is 0 Å². The second-order valence-electron chi connectivity index (χ2n) is 5.18. The topological polar surface area (TPSA) is 49.8 Å². The first-order valence-electron chi connectivity index (χ1n) is 6.83. The van der Waals surface area contributed by atoms with Gasteiger partial charge in [-0.3, -0.25) is 4.79 Å². The first kappa shape index (κ1) is 15.1. The Morgan fingerprint density at radius 3 is 2.80 bits per heavy atom. The summed E-state index contributed by atoms with van der Waals surface area (Å²) in [5.41, 5.74) is 1.03. The number of carboxylic acids is 1. The van der Waals surface area contributed by atoms with Gasteiger partial charge in [0.15, 0.2) is 0 Å². The Hall–Kier alpha value is -1.26. The monoisotopic (exact) mass is 297 g/mol. The summed E-state index contributed by atoms with van der Waals surface area (Å²) in [5.74, 6) is -0.157. The molecule has 1 aromatic carbocycles. The van der Waals surface area contributed by atoms with Crippen molar-refractivity contribution in [3.05, 3.63) is 29.8 Å². The molecule has 0 spiro atoms. The van der Waals surface area contributed by atoms with Crippen molar-refractivity contribution in [1.82, 2.24) is 4.90 Å². The van der Waals surface area contributed by atoms with E-state index in [2.05, 4.69) is 4.90 Å². The molecule has 0 aromatic heterocycles. The molecule has 1 aromatic rings. The van der Waals surface area contributed by atoms with Crippen LogP contribution in [0.4, 0.5) is 0 Å². The van der Waals surface area contributed by atoms with Crippen LogP contribution in [0.3, 0.4) is 0 Å². The first-order valence-corrected chi connectivity index (χ1v) is 7.27. The fraction of sp³-hybridized carbons (Fsp3) is 0.533. The highest BCUT2D eigenvalue weighted by Crippen LogP contribution is 2.26. The van der Waals surface area contributed by atoms with Crippen LogP contribution < -0.4 is 4.74 Å². The molecule has 1 fully saturated rings. The second-order valence-corrected chi connectivity index (χ2v) is 5.70. The number of halogens is 1. The zero-order chi connectivity index (χ0) is 14.5. The summed E-state index contributed by atoms with van der Waals surface area (Å²) in [5, 5.41) is 8.96. The van der Waals surface area contributed by atoms with Gasteiger partial charge in [0.1, 0.15) is 5.75 Å². The number of hydrogen-bond donors (Lipinski definition) is 1. The number of rotatable bonds is 5. The third kappa shape index (κ3) is 3.87. The second kappa shape index (κ2) is 6.95. The lowest BCUT2D eigenvalue weighted by Crippen LogP contribution is -2.40. The fourth-order valence-corrected chi connectivity index (χ4v) is 2.91. The number of benzene rings is 1. The van der Waals surface area contributed by atoms with Crippen LogP contribution in [0.25, 0.3) is 0 Å². The number of nitrogens with zero attached hydrogens (tertiary/aromatic N) is 1. The van der Waals surface area contributed by atoms with Gasteiger partial charge in [-0.05, 0) is 37.1 Å². The van der Waals surface area contributed by atoms with Crippen LogP contribution in [0.5, 0.6) is 5.75 Å². The van der Waals surface area contributed by atoms with E-state index in [0.29, 0.717) is 13.1 Å². The lowest BCUT2D eigenvalue weighted by molar-refractivity contribution is -0.143. The van der Waals surface area contributed by atoms with Crippen molar-refractivity contribution in [3.8, 4) is 5.75 Å². The SMILES string of the molecule is COc1ccc(C(Cl)CN2CCCC(C(=O)O)C2)cc1. The highest BCUT2D eigenvalue weighted by molar-refractivity contribution is 6.21. The van der Waals surface area contributed by atoms with Crippen LogP contribution in [0, 0.1) is 5.92 Å². The average molecular weight is 298 g/mol. The molecule has 0 bridgehead atoms. The van der Waals surface area contributed by atoms with E-state index in [1.54, 1.807) is 7.11 Å². The van der Waals surface area contributed by atoms with Gasteiger partial charge in [0.25, 0.3) is 0 Å². The first-order chi connectivity index (χ1) is 9.60. The van der Waals surface area contributed by atoms with E-state index >= 15 is 0 Å². The lowest BCUT2D eigenvalue weighted by Gasteiger charge is -2.32. The normalized spacial score (nSPS) is 21.4. The number of methoxy groups -OCH3 is 1. The number of carboxylic acid groups (broad SMARTS) is 1. The van der Waals surface area contributed by atoms with Crippen molar-refractivity contribution >= 4 is 17.6 Å². The molecule has 2 unspecified atom stereocenters. The molecular formula is C15H20ClNO3. The van der Waals surface area contributed by atoms with Gasteiger partial charge in [0.2, 0.25) is 0 Å². The number of likely N-dealkylation sites (tertiary alicyclic amines) is 1. The maximum absolute atomic E-state index is 11.1. The van der Waals surface area contributed by atoms with Crippen LogP contribution in [0.15, 0.2) is 24.3 Å². The largest absolute Gasteiger partial charge is 0.497 e. The van der Waals surface area contributed by atoms with E-state index < -0.39 is 5.97 Å². The maximum atomic E-state index is 11.1. The number of carbonyl (C=O) groups is 1. The van der Waals surface area contributed by atoms with E-state index in [1.165, 1.54) is 0 Å². The average Bonchev–Trinajstić information content (AvgIpc) is 2.47. The Kier molecular flexibility index (Phi) is 5.26. The van der Waals surface area contributed by atoms with Crippen molar-refractivity contribution < 1.29 is 14.6 Å². The summed E-state index contributed by atoms with van der Waals surface area (Å²) >= 11 is 6.43. The van der Waals surface area contributed by atoms with Crippen molar-refractivity contribution in [2.75, 3.05) is 26.7 Å². The van der Waals surface area contributed by atoms with Crippen molar-refractivity contribution in [3.63, 3.8) is 0 Å². The predicted molar refractivity (Wildman–Crippen MR) is 78.4 cm³/mol. The van der Waals surface area contributed by atoms with Gasteiger partial charge in [0, 0.05) is 13.1 Å².